The summed E-state index contributed by atoms with van der Waals surface area (Å²) >= 11 is 0. The smallest absolute Gasteiger partial charge is 0.0701 e. The zero-order valence-electron chi connectivity index (χ0n) is 10.8. The van der Waals surface area contributed by atoms with Crippen molar-refractivity contribution < 1.29 is 14.2 Å². The maximum atomic E-state index is 5.36. The minimum Gasteiger partial charge on any atom is -0.379 e. The molecule has 0 atom stereocenters. The fraction of sp³-hybridized carbons (Fsp3) is 1.00. The lowest BCUT2D eigenvalue weighted by Gasteiger charge is -2.06. The van der Waals surface area contributed by atoms with Gasteiger partial charge in [0.1, 0.15) is 0 Å². The van der Waals surface area contributed by atoms with Gasteiger partial charge < -0.3 is 19.5 Å². The molecular formula is C12H27NO3. The van der Waals surface area contributed by atoms with Crippen LogP contribution in [0.2, 0.25) is 0 Å². The van der Waals surface area contributed by atoms with Crippen LogP contribution in [0.1, 0.15) is 26.7 Å². The van der Waals surface area contributed by atoms with E-state index in [0.717, 1.165) is 32.7 Å². The first kappa shape index (κ1) is 15.8. The molecule has 4 nitrogen and oxygen atoms in total. The second kappa shape index (κ2) is 14.8. The summed E-state index contributed by atoms with van der Waals surface area (Å²) in [5.74, 6) is 0. The zero-order chi connectivity index (χ0) is 11.9. The molecule has 0 aromatic rings. The molecule has 0 unspecified atom stereocenters. The van der Waals surface area contributed by atoms with Gasteiger partial charge in [0.05, 0.1) is 33.0 Å². The highest BCUT2D eigenvalue weighted by Gasteiger charge is 1.91. The van der Waals surface area contributed by atoms with Crippen molar-refractivity contribution in [1.29, 1.82) is 0 Å². The average Bonchev–Trinajstić information content (AvgIpc) is 2.31. The van der Waals surface area contributed by atoms with Crippen LogP contribution in [0.15, 0.2) is 0 Å². The van der Waals surface area contributed by atoms with Gasteiger partial charge in [-0.1, -0.05) is 20.3 Å². The van der Waals surface area contributed by atoms with Gasteiger partial charge in [0.2, 0.25) is 0 Å². The van der Waals surface area contributed by atoms with Gasteiger partial charge in [-0.05, 0) is 13.0 Å². The summed E-state index contributed by atoms with van der Waals surface area (Å²) in [6, 6.07) is 0. The number of hydrogen-bond donors (Lipinski definition) is 1. The van der Waals surface area contributed by atoms with Gasteiger partial charge >= 0.3 is 0 Å². The molecule has 98 valence electrons. The third-order valence-corrected chi connectivity index (χ3v) is 2.06. The van der Waals surface area contributed by atoms with E-state index in [1.165, 1.54) is 6.42 Å². The Bertz CT molecular complexity index is 109. The summed E-state index contributed by atoms with van der Waals surface area (Å²) in [6.07, 6.45) is 2.31. The molecule has 0 saturated heterocycles. The first-order chi connectivity index (χ1) is 7.91. The van der Waals surface area contributed by atoms with Crippen molar-refractivity contribution >= 4 is 0 Å². The van der Waals surface area contributed by atoms with E-state index in [1.807, 2.05) is 0 Å². The molecule has 0 aliphatic heterocycles. The molecule has 0 aromatic carbocycles. The highest BCUT2D eigenvalue weighted by atomic mass is 16.5. The van der Waals surface area contributed by atoms with Gasteiger partial charge in [-0.25, -0.2) is 0 Å². The van der Waals surface area contributed by atoms with Gasteiger partial charge in [-0.2, -0.15) is 0 Å². The van der Waals surface area contributed by atoms with Gasteiger partial charge in [-0.3, -0.25) is 0 Å². The van der Waals surface area contributed by atoms with E-state index < -0.39 is 0 Å². The molecule has 4 heteroatoms. The number of nitrogens with one attached hydrogen (secondary N) is 1. The van der Waals surface area contributed by atoms with Crippen LogP contribution in [0.3, 0.4) is 0 Å². The molecule has 16 heavy (non-hydrogen) atoms. The molecule has 0 spiro atoms. The normalized spacial score (nSPS) is 10.9. The van der Waals surface area contributed by atoms with Crippen LogP contribution >= 0.6 is 0 Å². The fourth-order valence-corrected chi connectivity index (χ4v) is 1.11. The molecule has 0 amide bonds. The minimum atomic E-state index is 0.656. The second-order valence-corrected chi connectivity index (χ2v) is 3.54. The van der Waals surface area contributed by atoms with Crippen LogP contribution in [0.5, 0.6) is 0 Å². The molecule has 0 fully saturated rings. The van der Waals surface area contributed by atoms with Crippen molar-refractivity contribution in [2.24, 2.45) is 0 Å². The Morgan fingerprint density at radius 2 is 1.31 bits per heavy atom. The predicted octanol–water partition coefficient (Wildman–Crippen LogP) is 1.45. The number of likely N-dealkylation sites (N-methyl/N-ethyl adjacent to an activating group) is 1. The lowest BCUT2D eigenvalue weighted by Crippen LogP contribution is -2.20. The van der Waals surface area contributed by atoms with Crippen molar-refractivity contribution in [2.75, 3.05) is 52.7 Å². The van der Waals surface area contributed by atoms with E-state index in [4.69, 9.17) is 14.2 Å². The topological polar surface area (TPSA) is 39.7 Å². The van der Waals surface area contributed by atoms with Gasteiger partial charge in [0.15, 0.2) is 0 Å². The molecule has 0 saturated carbocycles. The van der Waals surface area contributed by atoms with Crippen LogP contribution in [0.25, 0.3) is 0 Å². The summed E-state index contributed by atoms with van der Waals surface area (Å²) in [6.45, 7) is 10.4. The van der Waals surface area contributed by atoms with Crippen LogP contribution < -0.4 is 5.32 Å². The van der Waals surface area contributed by atoms with Gasteiger partial charge in [0.25, 0.3) is 0 Å². The highest BCUT2D eigenvalue weighted by molar-refractivity contribution is 4.40. The standard InChI is InChI=1S/C12H27NO3/c1-3-5-7-14-9-11-16-12-10-15-8-6-13-4-2/h13H,3-12H2,1-2H3. The van der Waals surface area contributed by atoms with Crippen LogP contribution in [-0.4, -0.2) is 52.7 Å². The molecule has 0 aromatic heterocycles. The number of unbranched alkanes of at least 4 members (excludes halogenated alkanes) is 1. The van der Waals surface area contributed by atoms with Crippen molar-refractivity contribution in [3.8, 4) is 0 Å². The summed E-state index contributed by atoms with van der Waals surface area (Å²) in [5, 5.41) is 3.19. The maximum Gasteiger partial charge on any atom is 0.0701 e. The van der Waals surface area contributed by atoms with E-state index in [2.05, 4.69) is 19.2 Å². The van der Waals surface area contributed by atoms with Crippen LogP contribution in [-0.2, 0) is 14.2 Å². The zero-order valence-corrected chi connectivity index (χ0v) is 10.8. The van der Waals surface area contributed by atoms with Crippen LogP contribution in [0, 0.1) is 0 Å². The van der Waals surface area contributed by atoms with Crippen molar-refractivity contribution in [2.45, 2.75) is 26.7 Å². The largest absolute Gasteiger partial charge is 0.379 e. The Kier molecular flexibility index (Phi) is 14.7. The monoisotopic (exact) mass is 233 g/mol. The fourth-order valence-electron chi connectivity index (χ4n) is 1.11. The minimum absolute atomic E-state index is 0.656. The Labute approximate surface area is 99.6 Å². The third-order valence-electron chi connectivity index (χ3n) is 2.06. The molecule has 0 radical (unpaired) electrons. The lowest BCUT2D eigenvalue weighted by molar-refractivity contribution is 0.0147. The lowest BCUT2D eigenvalue weighted by atomic mass is 10.4. The second-order valence-electron chi connectivity index (χ2n) is 3.54. The number of ether oxygens (including phenoxy) is 3. The first-order valence-electron chi connectivity index (χ1n) is 6.35. The van der Waals surface area contributed by atoms with Crippen LogP contribution in [0.4, 0.5) is 0 Å². The van der Waals surface area contributed by atoms with Crippen molar-refractivity contribution in [1.82, 2.24) is 5.32 Å². The Morgan fingerprint density at radius 1 is 0.750 bits per heavy atom. The predicted molar refractivity (Wildman–Crippen MR) is 65.9 cm³/mol. The first-order valence-corrected chi connectivity index (χ1v) is 6.35. The molecular weight excluding hydrogens is 206 g/mol. The van der Waals surface area contributed by atoms with E-state index in [9.17, 15) is 0 Å². The van der Waals surface area contributed by atoms with E-state index in [-0.39, 0.29) is 0 Å². The molecule has 0 aliphatic carbocycles. The third kappa shape index (κ3) is 13.8. The molecule has 0 aliphatic rings. The van der Waals surface area contributed by atoms with E-state index in [0.29, 0.717) is 26.4 Å². The van der Waals surface area contributed by atoms with Gasteiger partial charge in [0, 0.05) is 13.2 Å². The van der Waals surface area contributed by atoms with Crippen molar-refractivity contribution in [3.63, 3.8) is 0 Å². The number of rotatable bonds is 13. The van der Waals surface area contributed by atoms with E-state index >= 15 is 0 Å². The summed E-state index contributed by atoms with van der Waals surface area (Å²) in [4.78, 5) is 0. The summed E-state index contributed by atoms with van der Waals surface area (Å²) in [7, 11) is 0. The summed E-state index contributed by atoms with van der Waals surface area (Å²) < 4.78 is 16.1. The average molecular weight is 233 g/mol. The molecule has 1 N–H and O–H groups in total. The SMILES string of the molecule is CCCCOCCOCCOCCNCC. The maximum absolute atomic E-state index is 5.36. The van der Waals surface area contributed by atoms with E-state index in [1.54, 1.807) is 0 Å². The molecule has 0 bridgehead atoms. The number of hydrogen-bond acceptors (Lipinski definition) is 4. The highest BCUT2D eigenvalue weighted by Crippen LogP contribution is 1.87. The quantitative estimate of drug-likeness (QED) is 0.489. The Hall–Kier alpha value is -0.160. The molecule has 0 rings (SSSR count). The Balaban J connectivity index is 2.83. The molecule has 0 heterocycles. The summed E-state index contributed by atoms with van der Waals surface area (Å²) in [5.41, 5.74) is 0. The van der Waals surface area contributed by atoms with Gasteiger partial charge in [-0.15, -0.1) is 0 Å². The Morgan fingerprint density at radius 3 is 1.88 bits per heavy atom. The van der Waals surface area contributed by atoms with Crippen molar-refractivity contribution in [3.05, 3.63) is 0 Å².